The fourth-order valence-corrected chi connectivity index (χ4v) is 3.66. The molecule has 9 nitrogen and oxygen atoms in total. The van der Waals surface area contributed by atoms with Crippen LogP contribution in [-0.4, -0.2) is 31.6 Å². The summed E-state index contributed by atoms with van der Waals surface area (Å²) in [4.78, 5) is 21.8. The van der Waals surface area contributed by atoms with Gasteiger partial charge in [-0.25, -0.2) is 17.9 Å². The quantitative estimate of drug-likeness (QED) is 0.513. The molecule has 0 aliphatic heterocycles. The van der Waals surface area contributed by atoms with Gasteiger partial charge in [0, 0.05) is 22.8 Å². The van der Waals surface area contributed by atoms with E-state index in [1.54, 1.807) is 24.3 Å². The van der Waals surface area contributed by atoms with Gasteiger partial charge in [0.05, 0.1) is 15.4 Å². The molecule has 0 aromatic heterocycles. The van der Waals surface area contributed by atoms with E-state index in [0.29, 0.717) is 10.7 Å². The number of anilines is 1. The van der Waals surface area contributed by atoms with Crippen LogP contribution in [0.4, 0.5) is 16.2 Å². The van der Waals surface area contributed by atoms with Crippen molar-refractivity contribution < 1.29 is 22.9 Å². The fourth-order valence-electron chi connectivity index (χ4n) is 2.13. The lowest BCUT2D eigenvalue weighted by atomic mass is 10.1. The Morgan fingerprint density at radius 3 is 2.25 bits per heavy atom. The van der Waals surface area contributed by atoms with E-state index in [0.717, 1.165) is 24.3 Å². The molecular formula is C17H18ClN3O6S. The number of nitro benzene ring substituents is 1. The van der Waals surface area contributed by atoms with E-state index in [4.69, 9.17) is 16.3 Å². The van der Waals surface area contributed by atoms with Gasteiger partial charge in [-0.05, 0) is 50.2 Å². The molecule has 0 aliphatic rings. The number of carbonyl (C=O) groups is 1. The second-order valence-electron chi connectivity index (χ2n) is 6.45. The minimum absolute atomic E-state index is 0.142. The highest BCUT2D eigenvalue weighted by atomic mass is 35.5. The number of hydrogen-bond acceptors (Lipinski definition) is 6. The maximum absolute atomic E-state index is 12.4. The maximum atomic E-state index is 12.4. The molecule has 150 valence electrons. The van der Waals surface area contributed by atoms with Crippen molar-refractivity contribution in [1.82, 2.24) is 4.72 Å². The Morgan fingerprint density at radius 1 is 1.14 bits per heavy atom. The van der Waals surface area contributed by atoms with E-state index in [9.17, 15) is 23.3 Å². The molecule has 0 fully saturated rings. The Hall–Kier alpha value is -2.69. The predicted octanol–water partition coefficient (Wildman–Crippen LogP) is 3.55. The van der Waals surface area contributed by atoms with Crippen LogP contribution in [0.25, 0.3) is 0 Å². The number of ether oxygens (including phenoxy) is 1. The van der Waals surface area contributed by atoms with Crippen LogP contribution in [0.1, 0.15) is 13.8 Å². The van der Waals surface area contributed by atoms with Gasteiger partial charge < -0.3 is 4.74 Å². The van der Waals surface area contributed by atoms with E-state index in [2.05, 4.69) is 10.0 Å². The van der Waals surface area contributed by atoms with Gasteiger partial charge >= 0.3 is 6.09 Å². The predicted molar refractivity (Wildman–Crippen MR) is 104 cm³/mol. The molecule has 0 bridgehead atoms. The highest BCUT2D eigenvalue weighted by molar-refractivity contribution is 7.89. The number of amides is 1. The summed E-state index contributed by atoms with van der Waals surface area (Å²) in [5.41, 5.74) is -0.878. The summed E-state index contributed by atoms with van der Waals surface area (Å²) in [6, 6.07) is 10.8. The zero-order chi connectivity index (χ0) is 20.9. The lowest BCUT2D eigenvalue weighted by molar-refractivity contribution is -0.384. The average molecular weight is 428 g/mol. The summed E-state index contributed by atoms with van der Waals surface area (Å²) in [6.45, 7) is 2.82. The summed E-state index contributed by atoms with van der Waals surface area (Å²) in [5.74, 6) is 0. The van der Waals surface area contributed by atoms with Crippen molar-refractivity contribution in [2.45, 2.75) is 24.3 Å². The fraction of sp³-hybridized carbons (Fsp3) is 0.235. The number of benzene rings is 2. The number of non-ortho nitro benzene ring substituents is 1. The molecule has 0 radical (unpaired) electrons. The molecule has 0 unspecified atom stereocenters. The maximum Gasteiger partial charge on any atom is 0.411 e. The van der Waals surface area contributed by atoms with Crippen LogP contribution < -0.4 is 10.0 Å². The smallest absolute Gasteiger partial charge is 0.411 e. The first-order valence-electron chi connectivity index (χ1n) is 7.96. The molecule has 11 heteroatoms. The Labute approximate surface area is 166 Å². The van der Waals surface area contributed by atoms with E-state index in [1.807, 2.05) is 0 Å². The molecule has 2 rings (SSSR count). The van der Waals surface area contributed by atoms with E-state index < -0.39 is 26.6 Å². The molecule has 2 aromatic carbocycles. The number of nitro groups is 1. The number of rotatable bonds is 7. The number of carbonyl (C=O) groups excluding carboxylic acids is 1. The first-order chi connectivity index (χ1) is 13.0. The molecule has 0 spiro atoms. The van der Waals surface area contributed by atoms with Crippen LogP contribution in [0.3, 0.4) is 0 Å². The molecule has 2 aromatic rings. The Kier molecular flexibility index (Phi) is 6.60. The van der Waals surface area contributed by atoms with E-state index >= 15 is 0 Å². The summed E-state index contributed by atoms with van der Waals surface area (Å²) in [6.07, 6.45) is -0.759. The SMILES string of the molecule is CC(C)(COC(=O)Nc1ccc(Cl)cc1)NS(=O)(=O)c1ccc([N+](=O)[O-])cc1. The highest BCUT2D eigenvalue weighted by Crippen LogP contribution is 2.18. The van der Waals surface area contributed by atoms with Gasteiger partial charge in [0.2, 0.25) is 10.0 Å². The van der Waals surface area contributed by atoms with Gasteiger partial charge in [-0.3, -0.25) is 15.4 Å². The Bertz CT molecular complexity index is 959. The van der Waals surface area contributed by atoms with Crippen LogP contribution in [0.2, 0.25) is 5.02 Å². The van der Waals surface area contributed by atoms with Crippen LogP contribution in [0, 0.1) is 10.1 Å². The second-order valence-corrected chi connectivity index (χ2v) is 8.57. The van der Waals surface area contributed by atoms with Crippen LogP contribution in [0.15, 0.2) is 53.4 Å². The van der Waals surface area contributed by atoms with Gasteiger partial charge in [-0.2, -0.15) is 0 Å². The third-order valence-electron chi connectivity index (χ3n) is 3.42. The molecule has 0 heterocycles. The standard InChI is InChI=1S/C17H18ClN3O6S/c1-17(2,11-27-16(22)19-13-5-3-12(18)4-6-13)20-28(25,26)15-9-7-14(8-10-15)21(23)24/h3-10,20H,11H2,1-2H3,(H,19,22). The zero-order valence-corrected chi connectivity index (χ0v) is 16.6. The molecular weight excluding hydrogens is 410 g/mol. The molecule has 1 amide bonds. The minimum atomic E-state index is -3.97. The largest absolute Gasteiger partial charge is 0.447 e. The third kappa shape index (κ3) is 6.19. The normalized spacial score (nSPS) is 11.7. The number of halogens is 1. The Balaban J connectivity index is 1.96. The monoisotopic (exact) mass is 427 g/mol. The van der Waals surface area contributed by atoms with Gasteiger partial charge in [-0.15, -0.1) is 0 Å². The number of nitrogens with one attached hydrogen (secondary N) is 2. The van der Waals surface area contributed by atoms with Gasteiger partial charge in [0.15, 0.2) is 0 Å². The first-order valence-corrected chi connectivity index (χ1v) is 9.82. The zero-order valence-electron chi connectivity index (χ0n) is 15.0. The van der Waals surface area contributed by atoms with E-state index in [-0.39, 0.29) is 17.2 Å². The molecule has 0 atom stereocenters. The van der Waals surface area contributed by atoms with Crippen molar-refractivity contribution in [3.05, 3.63) is 63.7 Å². The van der Waals surface area contributed by atoms with Gasteiger partial charge in [0.25, 0.3) is 5.69 Å². The number of sulfonamides is 1. The van der Waals surface area contributed by atoms with Crippen molar-refractivity contribution in [3.63, 3.8) is 0 Å². The molecule has 0 saturated carbocycles. The van der Waals surface area contributed by atoms with Crippen molar-refractivity contribution in [2.75, 3.05) is 11.9 Å². The second kappa shape index (κ2) is 8.55. The summed E-state index contributed by atoms with van der Waals surface area (Å²) >= 11 is 5.76. The van der Waals surface area contributed by atoms with Crippen LogP contribution in [0.5, 0.6) is 0 Å². The molecule has 0 saturated heterocycles. The topological polar surface area (TPSA) is 128 Å². The van der Waals surface area contributed by atoms with Gasteiger partial charge in [0.1, 0.15) is 6.61 Å². The van der Waals surface area contributed by atoms with Crippen molar-refractivity contribution in [3.8, 4) is 0 Å². The first kappa shape index (κ1) is 21.6. The average Bonchev–Trinajstić information content (AvgIpc) is 2.61. The highest BCUT2D eigenvalue weighted by Gasteiger charge is 2.28. The molecule has 2 N–H and O–H groups in total. The third-order valence-corrected chi connectivity index (χ3v) is 5.39. The van der Waals surface area contributed by atoms with Crippen molar-refractivity contribution in [1.29, 1.82) is 0 Å². The van der Waals surface area contributed by atoms with E-state index in [1.165, 1.54) is 13.8 Å². The van der Waals surface area contributed by atoms with Crippen LogP contribution in [-0.2, 0) is 14.8 Å². The lowest BCUT2D eigenvalue weighted by Crippen LogP contribution is -2.47. The van der Waals surface area contributed by atoms with Crippen LogP contribution >= 0.6 is 11.6 Å². The number of nitrogens with zero attached hydrogens (tertiary/aromatic N) is 1. The summed E-state index contributed by atoms with van der Waals surface area (Å²) in [7, 11) is -3.97. The minimum Gasteiger partial charge on any atom is -0.447 e. The van der Waals surface area contributed by atoms with Crippen molar-refractivity contribution in [2.24, 2.45) is 0 Å². The molecule has 28 heavy (non-hydrogen) atoms. The number of hydrogen-bond donors (Lipinski definition) is 2. The summed E-state index contributed by atoms with van der Waals surface area (Å²) < 4.78 is 32.4. The van der Waals surface area contributed by atoms with Gasteiger partial charge in [-0.1, -0.05) is 11.6 Å². The molecule has 0 aliphatic carbocycles. The summed E-state index contributed by atoms with van der Waals surface area (Å²) in [5, 5.41) is 13.7. The lowest BCUT2D eigenvalue weighted by Gasteiger charge is -2.25. The Morgan fingerprint density at radius 2 is 1.71 bits per heavy atom. The van der Waals surface area contributed by atoms with Crippen molar-refractivity contribution >= 4 is 39.1 Å².